The quantitative estimate of drug-likeness (QED) is 0.798. The molecule has 0 aromatic heterocycles. The van der Waals surface area contributed by atoms with Gasteiger partial charge in [-0.3, -0.25) is 0 Å². The van der Waals surface area contributed by atoms with Crippen LogP contribution in [0.3, 0.4) is 0 Å². The first kappa shape index (κ1) is 12.1. The van der Waals surface area contributed by atoms with Crippen molar-refractivity contribution in [2.24, 2.45) is 0 Å². The van der Waals surface area contributed by atoms with E-state index in [1.165, 1.54) is 12.1 Å². The van der Waals surface area contributed by atoms with Crippen molar-refractivity contribution in [2.45, 2.75) is 24.3 Å². The van der Waals surface area contributed by atoms with Crippen molar-refractivity contribution in [3.63, 3.8) is 0 Å². The third kappa shape index (κ3) is 3.28. The molecular weight excluding hydrogens is 219 g/mol. The summed E-state index contributed by atoms with van der Waals surface area (Å²) in [5, 5.41) is 9.26. The molecule has 5 heteroatoms. The summed E-state index contributed by atoms with van der Waals surface area (Å²) >= 11 is 0. The zero-order chi connectivity index (χ0) is 11.5. The van der Waals surface area contributed by atoms with Crippen molar-refractivity contribution < 1.29 is 17.9 Å². The highest BCUT2D eigenvalue weighted by Gasteiger charge is 2.18. The van der Waals surface area contributed by atoms with Crippen molar-refractivity contribution >= 4 is 9.84 Å². The van der Waals surface area contributed by atoms with Crippen molar-refractivity contribution in [1.29, 1.82) is 0 Å². The van der Waals surface area contributed by atoms with Crippen LogP contribution in [0.5, 0.6) is 0 Å². The number of benzene rings is 1. The van der Waals surface area contributed by atoms with Crippen LogP contribution in [0.25, 0.3) is 0 Å². The van der Waals surface area contributed by atoms with Crippen molar-refractivity contribution in [2.75, 3.05) is 5.75 Å². The second-order valence-corrected chi connectivity index (χ2v) is 5.33. The summed E-state index contributed by atoms with van der Waals surface area (Å²) in [5.41, 5.74) is 0. The van der Waals surface area contributed by atoms with E-state index in [2.05, 4.69) is 0 Å². The monoisotopic (exact) mass is 232 g/mol. The Morgan fingerprint density at radius 3 is 2.33 bits per heavy atom. The number of sulfone groups is 1. The van der Waals surface area contributed by atoms with Gasteiger partial charge in [0.15, 0.2) is 9.84 Å². The molecule has 1 N–H and O–H groups in total. The average molecular weight is 232 g/mol. The zero-order valence-electron chi connectivity index (χ0n) is 8.35. The lowest BCUT2D eigenvalue weighted by atomic mass is 10.3. The average Bonchev–Trinajstić information content (AvgIpc) is 2.17. The minimum Gasteiger partial charge on any atom is -0.392 e. The smallest absolute Gasteiger partial charge is 0.180 e. The summed E-state index contributed by atoms with van der Waals surface area (Å²) in [4.78, 5) is 0.0383. The van der Waals surface area contributed by atoms with E-state index in [0.29, 0.717) is 6.42 Å². The van der Waals surface area contributed by atoms with Gasteiger partial charge in [-0.2, -0.15) is 0 Å². The molecule has 1 aromatic carbocycles. The number of hydrogen-bond donors (Lipinski definition) is 1. The molecule has 0 heterocycles. The molecule has 1 atom stereocenters. The van der Waals surface area contributed by atoms with Gasteiger partial charge in [0.25, 0.3) is 0 Å². The molecule has 1 rings (SSSR count). The Balaban J connectivity index is 2.91. The molecular formula is C10H13FO3S. The third-order valence-corrected chi connectivity index (χ3v) is 3.87. The maximum absolute atomic E-state index is 12.6. The summed E-state index contributed by atoms with van der Waals surface area (Å²) in [5.74, 6) is -0.806. The highest BCUT2D eigenvalue weighted by molar-refractivity contribution is 7.91. The van der Waals surface area contributed by atoms with Gasteiger partial charge in [0.2, 0.25) is 0 Å². The molecule has 0 spiro atoms. The lowest BCUT2D eigenvalue weighted by molar-refractivity contribution is 0.193. The summed E-state index contributed by atoms with van der Waals surface area (Å²) in [6, 6.07) is 4.58. The molecule has 1 aromatic rings. The first-order chi connectivity index (χ1) is 6.95. The van der Waals surface area contributed by atoms with Crippen LogP contribution in [0.2, 0.25) is 0 Å². The molecule has 0 amide bonds. The largest absolute Gasteiger partial charge is 0.392 e. The first-order valence-corrected chi connectivity index (χ1v) is 6.27. The highest BCUT2D eigenvalue weighted by Crippen LogP contribution is 2.13. The Labute approximate surface area is 88.5 Å². The maximum atomic E-state index is 12.6. The topological polar surface area (TPSA) is 54.4 Å². The van der Waals surface area contributed by atoms with E-state index in [9.17, 15) is 17.9 Å². The molecule has 3 nitrogen and oxygen atoms in total. The Hall–Kier alpha value is -0.940. The predicted octanol–water partition coefficient (Wildman–Crippen LogP) is 1.37. The van der Waals surface area contributed by atoms with Crippen LogP contribution in [0.4, 0.5) is 4.39 Å². The lowest BCUT2D eigenvalue weighted by Gasteiger charge is -2.08. The van der Waals surface area contributed by atoms with Crippen LogP contribution >= 0.6 is 0 Å². The molecule has 1 unspecified atom stereocenters. The fraction of sp³-hybridized carbons (Fsp3) is 0.400. The molecule has 0 bridgehead atoms. The van der Waals surface area contributed by atoms with E-state index in [-0.39, 0.29) is 10.6 Å². The molecule has 0 saturated carbocycles. The van der Waals surface area contributed by atoms with E-state index in [0.717, 1.165) is 12.1 Å². The van der Waals surface area contributed by atoms with Crippen LogP contribution < -0.4 is 0 Å². The molecule has 0 aliphatic rings. The SMILES string of the molecule is CCC(O)CS(=O)(=O)c1ccc(F)cc1. The van der Waals surface area contributed by atoms with Crippen LogP contribution in [0.15, 0.2) is 29.2 Å². The Morgan fingerprint density at radius 2 is 1.87 bits per heavy atom. The summed E-state index contributed by atoms with van der Waals surface area (Å²) in [6.07, 6.45) is -0.500. The fourth-order valence-electron chi connectivity index (χ4n) is 1.11. The Kier molecular flexibility index (Phi) is 3.82. The molecule has 0 aliphatic carbocycles. The van der Waals surface area contributed by atoms with Gasteiger partial charge in [0.05, 0.1) is 16.8 Å². The number of hydrogen-bond acceptors (Lipinski definition) is 3. The van der Waals surface area contributed by atoms with E-state index >= 15 is 0 Å². The second kappa shape index (κ2) is 4.72. The van der Waals surface area contributed by atoms with E-state index in [1.807, 2.05) is 0 Å². The fourth-order valence-corrected chi connectivity index (χ4v) is 2.59. The van der Waals surface area contributed by atoms with Crippen LogP contribution in [0, 0.1) is 5.82 Å². The van der Waals surface area contributed by atoms with Gasteiger partial charge >= 0.3 is 0 Å². The molecule has 0 aliphatic heterocycles. The van der Waals surface area contributed by atoms with Crippen molar-refractivity contribution in [3.8, 4) is 0 Å². The minimum absolute atomic E-state index is 0.0383. The second-order valence-electron chi connectivity index (χ2n) is 3.30. The Morgan fingerprint density at radius 1 is 1.33 bits per heavy atom. The minimum atomic E-state index is -3.51. The summed E-state index contributed by atoms with van der Waals surface area (Å²) in [6.45, 7) is 1.70. The normalized spacial score (nSPS) is 13.8. The number of rotatable bonds is 4. The zero-order valence-corrected chi connectivity index (χ0v) is 9.17. The van der Waals surface area contributed by atoms with Gasteiger partial charge in [-0.1, -0.05) is 6.92 Å². The molecule has 0 fully saturated rings. The maximum Gasteiger partial charge on any atom is 0.180 e. The van der Waals surface area contributed by atoms with E-state index in [1.54, 1.807) is 6.92 Å². The highest BCUT2D eigenvalue weighted by atomic mass is 32.2. The lowest BCUT2D eigenvalue weighted by Crippen LogP contribution is -2.20. The predicted molar refractivity (Wildman–Crippen MR) is 54.8 cm³/mol. The van der Waals surface area contributed by atoms with Gasteiger partial charge < -0.3 is 5.11 Å². The number of aliphatic hydroxyl groups excluding tert-OH is 1. The molecule has 84 valence electrons. The Bertz CT molecular complexity index is 411. The van der Waals surface area contributed by atoms with Crippen molar-refractivity contribution in [3.05, 3.63) is 30.1 Å². The van der Waals surface area contributed by atoms with Gasteiger partial charge in [-0.05, 0) is 30.7 Å². The number of halogens is 1. The van der Waals surface area contributed by atoms with Crippen LogP contribution in [-0.2, 0) is 9.84 Å². The number of aliphatic hydroxyl groups is 1. The standard InChI is InChI=1S/C10H13FO3S/c1-2-9(12)7-15(13,14)10-5-3-8(11)4-6-10/h3-6,9,12H,2,7H2,1H3. The van der Waals surface area contributed by atoms with E-state index < -0.39 is 21.8 Å². The summed E-state index contributed by atoms with van der Waals surface area (Å²) < 4.78 is 35.8. The molecule has 0 saturated heterocycles. The van der Waals surface area contributed by atoms with Gasteiger partial charge in [-0.25, -0.2) is 12.8 Å². The van der Waals surface area contributed by atoms with Crippen LogP contribution in [0.1, 0.15) is 13.3 Å². The molecule has 15 heavy (non-hydrogen) atoms. The van der Waals surface area contributed by atoms with Gasteiger partial charge in [0, 0.05) is 0 Å². The van der Waals surface area contributed by atoms with Gasteiger partial charge in [0.1, 0.15) is 5.82 Å². The third-order valence-electron chi connectivity index (χ3n) is 2.06. The molecule has 0 radical (unpaired) electrons. The van der Waals surface area contributed by atoms with E-state index in [4.69, 9.17) is 0 Å². The summed E-state index contributed by atoms with van der Waals surface area (Å²) in [7, 11) is -3.51. The van der Waals surface area contributed by atoms with Gasteiger partial charge in [-0.15, -0.1) is 0 Å². The van der Waals surface area contributed by atoms with Crippen molar-refractivity contribution in [1.82, 2.24) is 0 Å². The van der Waals surface area contributed by atoms with Crippen LogP contribution in [-0.4, -0.2) is 25.4 Å². The first-order valence-electron chi connectivity index (χ1n) is 4.62.